The number of carbonyl (C=O) groups excluding carboxylic acids is 2. The number of anilines is 1. The normalized spacial score (nSPS) is 15.6. The van der Waals surface area contributed by atoms with Gasteiger partial charge in [0.25, 0.3) is 0 Å². The van der Waals surface area contributed by atoms with Gasteiger partial charge >= 0.3 is 12.1 Å². The first-order valence-electron chi connectivity index (χ1n) is 6.39. The van der Waals surface area contributed by atoms with Gasteiger partial charge in [-0.2, -0.15) is 13.2 Å². The lowest BCUT2D eigenvalue weighted by Crippen LogP contribution is -2.30. The van der Waals surface area contributed by atoms with Gasteiger partial charge in [-0.25, -0.2) is 4.79 Å². The molecular formula is C14H14F3NO3. The largest absolute Gasteiger partial charge is 0.449 e. The number of nitrogens with zero attached hydrogens (tertiary/aromatic N) is 1. The molecule has 1 aromatic rings. The zero-order chi connectivity index (χ0) is 15.8. The Bertz CT molecular complexity index is 583. The molecule has 1 heterocycles. The number of hydrogen-bond acceptors (Lipinski definition) is 3. The molecule has 0 saturated heterocycles. The number of rotatable bonds is 2. The van der Waals surface area contributed by atoms with Crippen molar-refractivity contribution in [3.05, 3.63) is 29.3 Å². The van der Waals surface area contributed by atoms with Gasteiger partial charge in [0.05, 0.1) is 5.56 Å². The summed E-state index contributed by atoms with van der Waals surface area (Å²) in [6, 6.07) is 4.40. The lowest BCUT2D eigenvalue weighted by Gasteiger charge is -2.17. The maximum atomic E-state index is 12.4. The maximum absolute atomic E-state index is 12.4. The number of esters is 1. The predicted molar refractivity (Wildman–Crippen MR) is 69.1 cm³/mol. The smallest absolute Gasteiger partial charge is 0.425 e. The lowest BCUT2D eigenvalue weighted by molar-refractivity contribution is -0.198. The fourth-order valence-corrected chi connectivity index (χ4v) is 2.15. The highest BCUT2D eigenvalue weighted by Crippen LogP contribution is 2.30. The van der Waals surface area contributed by atoms with Gasteiger partial charge < -0.3 is 9.64 Å². The molecule has 4 nitrogen and oxygen atoms in total. The van der Waals surface area contributed by atoms with E-state index < -0.39 is 18.2 Å². The quantitative estimate of drug-likeness (QED) is 0.789. The van der Waals surface area contributed by atoms with Crippen LogP contribution in [0.2, 0.25) is 0 Å². The van der Waals surface area contributed by atoms with E-state index in [-0.39, 0.29) is 11.5 Å². The number of halogens is 3. The van der Waals surface area contributed by atoms with Crippen LogP contribution in [0, 0.1) is 0 Å². The molecule has 0 saturated carbocycles. The highest BCUT2D eigenvalue weighted by molar-refractivity contribution is 5.96. The number of hydrogen-bond donors (Lipinski definition) is 0. The van der Waals surface area contributed by atoms with Crippen molar-refractivity contribution < 1.29 is 27.5 Å². The molecule has 2 rings (SSSR count). The average Bonchev–Trinajstić information content (AvgIpc) is 2.80. The van der Waals surface area contributed by atoms with Gasteiger partial charge in [-0.15, -0.1) is 0 Å². The molecule has 1 amide bonds. The van der Waals surface area contributed by atoms with Crippen molar-refractivity contribution in [2.75, 3.05) is 11.4 Å². The number of carbonyl (C=O) groups is 2. The van der Waals surface area contributed by atoms with Crippen molar-refractivity contribution in [2.45, 2.75) is 32.5 Å². The van der Waals surface area contributed by atoms with Crippen molar-refractivity contribution in [1.82, 2.24) is 0 Å². The second-order valence-corrected chi connectivity index (χ2v) is 4.85. The Kier molecular flexibility index (Phi) is 3.93. The Morgan fingerprint density at radius 2 is 2.00 bits per heavy atom. The molecule has 0 spiro atoms. The molecule has 114 valence electrons. The summed E-state index contributed by atoms with van der Waals surface area (Å²) in [4.78, 5) is 24.7. The second-order valence-electron chi connectivity index (χ2n) is 4.85. The van der Waals surface area contributed by atoms with E-state index in [2.05, 4.69) is 4.74 Å². The monoisotopic (exact) mass is 301 g/mol. The van der Waals surface area contributed by atoms with E-state index >= 15 is 0 Å². The van der Waals surface area contributed by atoms with Crippen LogP contribution in [0.5, 0.6) is 0 Å². The number of benzene rings is 1. The molecule has 1 aliphatic rings. The fourth-order valence-electron chi connectivity index (χ4n) is 2.15. The third kappa shape index (κ3) is 3.17. The molecule has 1 aliphatic heterocycles. The summed E-state index contributed by atoms with van der Waals surface area (Å²) in [6.07, 6.45) is -6.19. The number of alkyl halides is 3. The lowest BCUT2D eigenvalue weighted by atomic mass is 10.1. The minimum Gasteiger partial charge on any atom is -0.449 e. The summed E-state index contributed by atoms with van der Waals surface area (Å²) in [6.45, 7) is 2.72. The average molecular weight is 301 g/mol. The van der Waals surface area contributed by atoms with Crippen LogP contribution >= 0.6 is 0 Å². The molecular weight excluding hydrogens is 287 g/mol. The minimum atomic E-state index is -4.59. The second kappa shape index (κ2) is 5.38. The standard InChI is InChI=1S/C14H14F3NO3/c1-8(14(15,16)17)21-13(20)11-3-4-12-10(7-11)5-6-18(12)9(2)19/h3-4,7-8H,5-6H2,1-2H3/t8-/m0/s1. The van der Waals surface area contributed by atoms with Crippen LogP contribution in [-0.2, 0) is 16.0 Å². The molecule has 0 fully saturated rings. The molecule has 0 N–H and O–H groups in total. The highest BCUT2D eigenvalue weighted by atomic mass is 19.4. The summed E-state index contributed by atoms with van der Waals surface area (Å²) in [7, 11) is 0. The van der Waals surface area contributed by atoms with Gasteiger partial charge in [0.2, 0.25) is 5.91 Å². The molecule has 7 heteroatoms. The van der Waals surface area contributed by atoms with Gasteiger partial charge in [0, 0.05) is 19.2 Å². The molecule has 21 heavy (non-hydrogen) atoms. The van der Waals surface area contributed by atoms with Crippen LogP contribution in [0.1, 0.15) is 29.8 Å². The molecule has 0 aliphatic carbocycles. The van der Waals surface area contributed by atoms with Crippen LogP contribution < -0.4 is 4.90 Å². The van der Waals surface area contributed by atoms with Gasteiger partial charge in [-0.1, -0.05) is 0 Å². The highest BCUT2D eigenvalue weighted by Gasteiger charge is 2.39. The molecule has 1 aromatic carbocycles. The van der Waals surface area contributed by atoms with Gasteiger partial charge in [0.15, 0.2) is 6.10 Å². The van der Waals surface area contributed by atoms with Crippen molar-refractivity contribution in [2.24, 2.45) is 0 Å². The molecule has 0 bridgehead atoms. The third-order valence-corrected chi connectivity index (χ3v) is 3.34. The van der Waals surface area contributed by atoms with Crippen molar-refractivity contribution in [3.8, 4) is 0 Å². The first kappa shape index (κ1) is 15.3. The third-order valence-electron chi connectivity index (χ3n) is 3.34. The molecule has 0 unspecified atom stereocenters. The topological polar surface area (TPSA) is 46.6 Å². The summed E-state index contributed by atoms with van der Waals surface area (Å²) in [5.74, 6) is -1.14. The zero-order valence-electron chi connectivity index (χ0n) is 11.5. The van der Waals surface area contributed by atoms with Crippen LogP contribution in [0.4, 0.5) is 18.9 Å². The van der Waals surface area contributed by atoms with Crippen molar-refractivity contribution in [1.29, 1.82) is 0 Å². The van der Waals surface area contributed by atoms with Gasteiger partial charge in [-0.05, 0) is 37.1 Å². The first-order chi connectivity index (χ1) is 9.70. The minimum absolute atomic E-state index is 0.0512. The first-order valence-corrected chi connectivity index (χ1v) is 6.39. The predicted octanol–water partition coefficient (Wildman–Crippen LogP) is 2.70. The summed E-state index contributed by atoms with van der Waals surface area (Å²) < 4.78 is 41.5. The van der Waals surface area contributed by atoms with E-state index in [1.165, 1.54) is 19.1 Å². The van der Waals surface area contributed by atoms with Crippen LogP contribution in [0.25, 0.3) is 0 Å². The van der Waals surface area contributed by atoms with E-state index in [0.29, 0.717) is 18.7 Å². The van der Waals surface area contributed by atoms with E-state index in [9.17, 15) is 22.8 Å². The Morgan fingerprint density at radius 3 is 2.57 bits per heavy atom. The summed E-state index contributed by atoms with van der Waals surface area (Å²) in [5, 5.41) is 0. The van der Waals surface area contributed by atoms with Crippen LogP contribution in [0.3, 0.4) is 0 Å². The van der Waals surface area contributed by atoms with E-state index in [1.807, 2.05) is 0 Å². The van der Waals surface area contributed by atoms with E-state index in [0.717, 1.165) is 12.5 Å². The molecule has 1 atom stereocenters. The number of amides is 1. The number of ether oxygens (including phenoxy) is 1. The maximum Gasteiger partial charge on any atom is 0.425 e. The van der Waals surface area contributed by atoms with E-state index in [4.69, 9.17) is 0 Å². The Morgan fingerprint density at radius 1 is 1.33 bits per heavy atom. The molecule has 0 radical (unpaired) electrons. The van der Waals surface area contributed by atoms with Crippen molar-refractivity contribution >= 4 is 17.6 Å². The Balaban J connectivity index is 2.17. The molecule has 0 aromatic heterocycles. The van der Waals surface area contributed by atoms with Crippen LogP contribution in [0.15, 0.2) is 18.2 Å². The van der Waals surface area contributed by atoms with Crippen molar-refractivity contribution in [3.63, 3.8) is 0 Å². The number of fused-ring (bicyclic) bond motifs is 1. The van der Waals surface area contributed by atoms with E-state index in [1.54, 1.807) is 11.0 Å². The SMILES string of the molecule is CC(=O)N1CCc2cc(C(=O)O[C@@H](C)C(F)(F)F)ccc21. The van der Waals surface area contributed by atoms with Gasteiger partial charge in [0.1, 0.15) is 0 Å². The zero-order valence-corrected chi connectivity index (χ0v) is 11.5. The summed E-state index contributed by atoms with van der Waals surface area (Å²) in [5.41, 5.74) is 1.48. The Labute approximate surface area is 119 Å². The fraction of sp³-hybridized carbons (Fsp3) is 0.429. The Hall–Kier alpha value is -2.05. The van der Waals surface area contributed by atoms with Gasteiger partial charge in [-0.3, -0.25) is 4.79 Å². The summed E-state index contributed by atoms with van der Waals surface area (Å²) >= 11 is 0. The van der Waals surface area contributed by atoms with Crippen LogP contribution in [-0.4, -0.2) is 30.7 Å².